The molecule has 0 radical (unpaired) electrons. The van der Waals surface area contributed by atoms with Crippen LogP contribution in [0.1, 0.15) is 30.9 Å². The summed E-state index contributed by atoms with van der Waals surface area (Å²) in [5, 5.41) is 15.6. The number of hydrogen-bond donors (Lipinski definition) is 2. The molecule has 5 nitrogen and oxygen atoms in total. The zero-order valence-electron chi connectivity index (χ0n) is 12.1. The Hall–Kier alpha value is -2.32. The third-order valence-corrected chi connectivity index (χ3v) is 3.36. The Bertz CT molecular complexity index is 691. The van der Waals surface area contributed by atoms with Crippen LogP contribution in [0.5, 0.6) is 0 Å². The third kappa shape index (κ3) is 3.23. The largest absolute Gasteiger partial charge is 0.373 e. The molecule has 0 fully saturated rings. The number of nitriles is 1. The predicted molar refractivity (Wildman–Crippen MR) is 85.1 cm³/mol. The minimum atomic E-state index is 0.244. The first-order valence-electron chi connectivity index (χ1n) is 6.56. The van der Waals surface area contributed by atoms with E-state index in [4.69, 9.17) is 16.9 Å². The quantitative estimate of drug-likeness (QED) is 0.895. The van der Waals surface area contributed by atoms with E-state index in [9.17, 15) is 0 Å². The van der Waals surface area contributed by atoms with Crippen molar-refractivity contribution in [3.05, 3.63) is 40.7 Å². The Morgan fingerprint density at radius 3 is 2.52 bits per heavy atom. The van der Waals surface area contributed by atoms with E-state index >= 15 is 0 Å². The van der Waals surface area contributed by atoms with E-state index in [0.717, 1.165) is 11.4 Å². The lowest BCUT2D eigenvalue weighted by Gasteiger charge is -2.17. The summed E-state index contributed by atoms with van der Waals surface area (Å²) in [5.41, 5.74) is 2.21. The zero-order chi connectivity index (χ0) is 15.4. The van der Waals surface area contributed by atoms with Crippen LogP contribution in [-0.2, 0) is 0 Å². The summed E-state index contributed by atoms with van der Waals surface area (Å²) >= 11 is 6.19. The minimum absolute atomic E-state index is 0.244. The molecule has 2 aromatic rings. The number of rotatable bonds is 4. The van der Waals surface area contributed by atoms with Crippen molar-refractivity contribution in [3.8, 4) is 6.07 Å². The predicted octanol–water partition coefficient (Wildman–Crippen LogP) is 3.91. The molecule has 1 aromatic heterocycles. The van der Waals surface area contributed by atoms with Crippen molar-refractivity contribution in [2.24, 2.45) is 0 Å². The Morgan fingerprint density at radius 1 is 1.24 bits per heavy atom. The van der Waals surface area contributed by atoms with Gasteiger partial charge in [0.05, 0.1) is 22.3 Å². The number of nitrogens with one attached hydrogen (secondary N) is 2. The van der Waals surface area contributed by atoms with E-state index in [2.05, 4.69) is 40.5 Å². The highest BCUT2D eigenvalue weighted by molar-refractivity contribution is 6.33. The highest BCUT2D eigenvalue weighted by Crippen LogP contribution is 2.32. The molecule has 0 spiro atoms. The van der Waals surface area contributed by atoms with E-state index in [-0.39, 0.29) is 5.92 Å². The van der Waals surface area contributed by atoms with Crippen LogP contribution in [0.3, 0.4) is 0 Å². The Morgan fingerprint density at radius 2 is 1.95 bits per heavy atom. The van der Waals surface area contributed by atoms with Crippen molar-refractivity contribution in [3.63, 3.8) is 0 Å². The first kappa shape index (κ1) is 15.1. The van der Waals surface area contributed by atoms with Crippen LogP contribution in [0.15, 0.2) is 24.5 Å². The summed E-state index contributed by atoms with van der Waals surface area (Å²) in [5.74, 6) is 1.73. The minimum Gasteiger partial charge on any atom is -0.373 e. The number of halogens is 1. The summed E-state index contributed by atoms with van der Waals surface area (Å²) in [7, 11) is 1.83. The molecule has 0 saturated heterocycles. The van der Waals surface area contributed by atoms with Crippen molar-refractivity contribution in [1.29, 1.82) is 5.26 Å². The van der Waals surface area contributed by atoms with E-state index < -0.39 is 0 Å². The second kappa shape index (κ2) is 6.42. The van der Waals surface area contributed by atoms with Gasteiger partial charge in [-0.3, -0.25) is 0 Å². The molecule has 0 aliphatic heterocycles. The molecule has 2 rings (SSSR count). The van der Waals surface area contributed by atoms with Crippen molar-refractivity contribution in [2.45, 2.75) is 19.8 Å². The van der Waals surface area contributed by atoms with Crippen LogP contribution in [-0.4, -0.2) is 17.0 Å². The van der Waals surface area contributed by atoms with Gasteiger partial charge in [-0.05, 0) is 24.1 Å². The van der Waals surface area contributed by atoms with E-state index in [1.165, 1.54) is 6.33 Å². The van der Waals surface area contributed by atoms with Crippen molar-refractivity contribution < 1.29 is 0 Å². The van der Waals surface area contributed by atoms with Gasteiger partial charge in [-0.2, -0.15) is 5.26 Å². The molecule has 6 heteroatoms. The number of anilines is 3. The summed E-state index contributed by atoms with van der Waals surface area (Å²) in [6, 6.07) is 7.16. The maximum Gasteiger partial charge on any atom is 0.139 e. The Balaban J connectivity index is 2.43. The van der Waals surface area contributed by atoms with Gasteiger partial charge in [0.15, 0.2) is 0 Å². The van der Waals surface area contributed by atoms with Crippen LogP contribution in [0, 0.1) is 11.3 Å². The molecule has 0 aliphatic rings. The molecular formula is C15H16ClN5. The molecule has 0 atom stereocenters. The van der Waals surface area contributed by atoms with Gasteiger partial charge < -0.3 is 10.6 Å². The fourth-order valence-electron chi connectivity index (χ4n) is 2.05. The topological polar surface area (TPSA) is 73.6 Å². The molecule has 0 saturated carbocycles. The molecule has 1 aromatic carbocycles. The highest BCUT2D eigenvalue weighted by atomic mass is 35.5. The van der Waals surface area contributed by atoms with Gasteiger partial charge in [0.1, 0.15) is 18.0 Å². The fraction of sp³-hybridized carbons (Fsp3) is 0.267. The molecule has 108 valence electrons. The third-order valence-electron chi connectivity index (χ3n) is 3.05. The summed E-state index contributed by atoms with van der Waals surface area (Å²) in [4.78, 5) is 8.53. The van der Waals surface area contributed by atoms with Gasteiger partial charge in [-0.1, -0.05) is 25.4 Å². The van der Waals surface area contributed by atoms with Crippen LogP contribution < -0.4 is 10.6 Å². The van der Waals surface area contributed by atoms with Crippen LogP contribution in [0.2, 0.25) is 5.02 Å². The Kier molecular flexibility index (Phi) is 4.61. The van der Waals surface area contributed by atoms with E-state index in [1.54, 1.807) is 18.2 Å². The van der Waals surface area contributed by atoms with E-state index in [0.29, 0.717) is 22.1 Å². The zero-order valence-corrected chi connectivity index (χ0v) is 12.9. The smallest absolute Gasteiger partial charge is 0.139 e. The van der Waals surface area contributed by atoms with Crippen LogP contribution >= 0.6 is 11.6 Å². The first-order chi connectivity index (χ1) is 10.1. The normalized spacial score (nSPS) is 10.3. The number of benzene rings is 1. The molecule has 0 bridgehead atoms. The van der Waals surface area contributed by atoms with Gasteiger partial charge >= 0.3 is 0 Å². The standard InChI is InChI=1S/C15H16ClN5/c1-9(2)13-14(18-3)19-8-20-15(13)21-12-5-4-10(7-17)6-11(12)16/h4-6,8-9H,1-3H3,(H2,18,19,20,21). The van der Waals surface area contributed by atoms with Gasteiger partial charge in [-0.25, -0.2) is 9.97 Å². The van der Waals surface area contributed by atoms with Crippen LogP contribution in [0.4, 0.5) is 17.3 Å². The van der Waals surface area contributed by atoms with Gasteiger partial charge in [0.2, 0.25) is 0 Å². The fourth-order valence-corrected chi connectivity index (χ4v) is 2.28. The molecule has 1 heterocycles. The Labute approximate surface area is 129 Å². The van der Waals surface area contributed by atoms with E-state index in [1.807, 2.05) is 7.05 Å². The lowest BCUT2D eigenvalue weighted by Crippen LogP contribution is -2.07. The SMILES string of the molecule is CNc1ncnc(Nc2ccc(C#N)cc2Cl)c1C(C)C. The van der Waals surface area contributed by atoms with Crippen molar-refractivity contribution in [1.82, 2.24) is 9.97 Å². The molecular weight excluding hydrogens is 286 g/mol. The lowest BCUT2D eigenvalue weighted by atomic mass is 10.0. The summed E-state index contributed by atoms with van der Waals surface area (Å²) < 4.78 is 0. The molecule has 0 amide bonds. The second-order valence-corrected chi connectivity index (χ2v) is 5.23. The average molecular weight is 302 g/mol. The van der Waals surface area contributed by atoms with Gasteiger partial charge in [-0.15, -0.1) is 0 Å². The van der Waals surface area contributed by atoms with Gasteiger partial charge in [0.25, 0.3) is 0 Å². The van der Waals surface area contributed by atoms with Crippen molar-refractivity contribution in [2.75, 3.05) is 17.7 Å². The molecule has 2 N–H and O–H groups in total. The maximum absolute atomic E-state index is 8.87. The molecule has 0 aliphatic carbocycles. The number of nitrogens with zero attached hydrogens (tertiary/aromatic N) is 3. The highest BCUT2D eigenvalue weighted by Gasteiger charge is 2.15. The molecule has 0 unspecified atom stereocenters. The van der Waals surface area contributed by atoms with Gasteiger partial charge in [0, 0.05) is 12.6 Å². The first-order valence-corrected chi connectivity index (χ1v) is 6.94. The number of aromatic nitrogens is 2. The number of hydrogen-bond acceptors (Lipinski definition) is 5. The lowest BCUT2D eigenvalue weighted by molar-refractivity contribution is 0.852. The molecule has 21 heavy (non-hydrogen) atoms. The summed E-state index contributed by atoms with van der Waals surface area (Å²) in [6.45, 7) is 4.15. The second-order valence-electron chi connectivity index (χ2n) is 4.82. The summed E-state index contributed by atoms with van der Waals surface area (Å²) in [6.07, 6.45) is 1.50. The monoisotopic (exact) mass is 301 g/mol. The maximum atomic E-state index is 8.87. The van der Waals surface area contributed by atoms with Crippen LogP contribution in [0.25, 0.3) is 0 Å². The van der Waals surface area contributed by atoms with Crippen molar-refractivity contribution >= 4 is 28.9 Å². The average Bonchev–Trinajstić information content (AvgIpc) is 2.48.